The van der Waals surface area contributed by atoms with Crippen molar-refractivity contribution in [2.24, 2.45) is 11.3 Å². The lowest BCUT2D eigenvalue weighted by Gasteiger charge is -2.39. The number of anilines is 2. The third-order valence-corrected chi connectivity index (χ3v) is 3.16. The fourth-order valence-electron chi connectivity index (χ4n) is 2.34. The zero-order valence-electron chi connectivity index (χ0n) is 10.0. The predicted molar refractivity (Wildman–Crippen MR) is 67.3 cm³/mol. The highest BCUT2D eigenvalue weighted by molar-refractivity contribution is 5.53. The van der Waals surface area contributed by atoms with Gasteiger partial charge in [0.25, 0.3) is 0 Å². The molecule has 2 heterocycles. The Hall–Kier alpha value is -1.29. The Morgan fingerprint density at radius 1 is 1.50 bits per heavy atom. The molecule has 1 aromatic rings. The Labute approximate surface area is 96.8 Å². The van der Waals surface area contributed by atoms with Gasteiger partial charge in [0, 0.05) is 31.0 Å². The van der Waals surface area contributed by atoms with Crippen LogP contribution in [0.3, 0.4) is 0 Å². The number of hydrazine groups is 1. The Morgan fingerprint density at radius 2 is 2.31 bits per heavy atom. The van der Waals surface area contributed by atoms with Gasteiger partial charge in [-0.1, -0.05) is 13.8 Å². The van der Waals surface area contributed by atoms with Crippen LogP contribution >= 0.6 is 0 Å². The standard InChI is InChI=1S/C12H20N4/c1-12(2)5-3-7-16(9-12)10-4-6-14-11(8-10)15-13/h4,6,8H,3,5,7,9,13H2,1-2H3,(H,14,15). The van der Waals surface area contributed by atoms with Gasteiger partial charge in [0.2, 0.25) is 0 Å². The SMILES string of the molecule is CC1(C)CCCN(c2ccnc(NN)c2)C1. The van der Waals surface area contributed by atoms with Crippen molar-refractivity contribution in [1.82, 2.24) is 4.98 Å². The number of nitrogens with two attached hydrogens (primary N) is 1. The van der Waals surface area contributed by atoms with Crippen LogP contribution < -0.4 is 16.2 Å². The van der Waals surface area contributed by atoms with Gasteiger partial charge in [-0.25, -0.2) is 10.8 Å². The summed E-state index contributed by atoms with van der Waals surface area (Å²) in [5.74, 6) is 6.09. The highest BCUT2D eigenvalue weighted by atomic mass is 15.3. The highest BCUT2D eigenvalue weighted by Gasteiger charge is 2.26. The van der Waals surface area contributed by atoms with Crippen LogP contribution in [0.1, 0.15) is 26.7 Å². The molecule has 0 amide bonds. The van der Waals surface area contributed by atoms with Gasteiger partial charge in [0.05, 0.1) is 0 Å². The smallest absolute Gasteiger partial charge is 0.141 e. The molecule has 0 aromatic carbocycles. The topological polar surface area (TPSA) is 54.2 Å². The summed E-state index contributed by atoms with van der Waals surface area (Å²) in [6.07, 6.45) is 4.35. The summed E-state index contributed by atoms with van der Waals surface area (Å²) in [6.45, 7) is 6.86. The number of hydrogen-bond donors (Lipinski definition) is 2. The maximum Gasteiger partial charge on any atom is 0.141 e. The highest BCUT2D eigenvalue weighted by Crippen LogP contribution is 2.31. The van der Waals surface area contributed by atoms with Crippen LogP contribution in [-0.2, 0) is 0 Å². The Balaban J connectivity index is 2.16. The van der Waals surface area contributed by atoms with Gasteiger partial charge in [0.15, 0.2) is 0 Å². The van der Waals surface area contributed by atoms with Crippen molar-refractivity contribution in [2.75, 3.05) is 23.4 Å². The van der Waals surface area contributed by atoms with E-state index in [9.17, 15) is 0 Å². The molecule has 4 nitrogen and oxygen atoms in total. The quantitative estimate of drug-likeness (QED) is 0.591. The van der Waals surface area contributed by atoms with Crippen LogP contribution in [0.5, 0.6) is 0 Å². The first-order valence-electron chi connectivity index (χ1n) is 5.78. The third kappa shape index (κ3) is 2.44. The van der Waals surface area contributed by atoms with Crippen LogP contribution in [0.25, 0.3) is 0 Å². The fourth-order valence-corrected chi connectivity index (χ4v) is 2.34. The summed E-state index contributed by atoms with van der Waals surface area (Å²) in [4.78, 5) is 6.54. The van der Waals surface area contributed by atoms with Crippen molar-refractivity contribution >= 4 is 11.5 Å². The van der Waals surface area contributed by atoms with Crippen LogP contribution in [0.15, 0.2) is 18.3 Å². The van der Waals surface area contributed by atoms with Gasteiger partial charge in [0.1, 0.15) is 5.82 Å². The van der Waals surface area contributed by atoms with Crippen molar-refractivity contribution in [3.8, 4) is 0 Å². The van der Waals surface area contributed by atoms with Gasteiger partial charge in [-0.2, -0.15) is 0 Å². The van der Waals surface area contributed by atoms with E-state index in [0.29, 0.717) is 5.41 Å². The third-order valence-electron chi connectivity index (χ3n) is 3.16. The minimum atomic E-state index is 0.401. The zero-order valence-corrected chi connectivity index (χ0v) is 10.0. The molecule has 0 aliphatic carbocycles. The van der Waals surface area contributed by atoms with Crippen molar-refractivity contribution in [1.29, 1.82) is 0 Å². The van der Waals surface area contributed by atoms with E-state index in [0.717, 1.165) is 18.9 Å². The lowest BCUT2D eigenvalue weighted by atomic mass is 9.84. The second-order valence-electron chi connectivity index (χ2n) is 5.23. The first-order chi connectivity index (χ1) is 7.61. The summed E-state index contributed by atoms with van der Waals surface area (Å²) < 4.78 is 0. The first-order valence-corrected chi connectivity index (χ1v) is 5.78. The largest absolute Gasteiger partial charge is 0.371 e. The van der Waals surface area contributed by atoms with E-state index in [1.165, 1.54) is 18.5 Å². The predicted octanol–water partition coefficient (Wildman–Crippen LogP) is 1.99. The summed E-state index contributed by atoms with van der Waals surface area (Å²) in [5, 5.41) is 0. The number of nitrogens with zero attached hydrogens (tertiary/aromatic N) is 2. The molecule has 3 N–H and O–H groups in total. The molecule has 88 valence electrons. The minimum Gasteiger partial charge on any atom is -0.371 e. The fraction of sp³-hybridized carbons (Fsp3) is 0.583. The number of piperidine rings is 1. The van der Waals surface area contributed by atoms with Gasteiger partial charge in [-0.05, 0) is 24.3 Å². The van der Waals surface area contributed by atoms with E-state index in [1.54, 1.807) is 6.20 Å². The Morgan fingerprint density at radius 3 is 3.00 bits per heavy atom. The van der Waals surface area contributed by atoms with E-state index < -0.39 is 0 Å². The van der Waals surface area contributed by atoms with Crippen LogP contribution in [0, 0.1) is 5.41 Å². The van der Waals surface area contributed by atoms with Crippen molar-refractivity contribution in [3.05, 3.63) is 18.3 Å². The number of nitrogen functional groups attached to an aromatic ring is 1. The molecular weight excluding hydrogens is 200 g/mol. The maximum absolute atomic E-state index is 5.37. The molecule has 0 radical (unpaired) electrons. The Bertz CT molecular complexity index is 362. The number of nitrogens with one attached hydrogen (secondary N) is 1. The van der Waals surface area contributed by atoms with E-state index in [1.807, 2.05) is 12.1 Å². The van der Waals surface area contributed by atoms with Crippen LogP contribution in [0.4, 0.5) is 11.5 Å². The molecule has 0 bridgehead atoms. The number of aromatic nitrogens is 1. The molecule has 1 fully saturated rings. The summed E-state index contributed by atoms with van der Waals surface area (Å²) in [6, 6.07) is 4.05. The summed E-state index contributed by atoms with van der Waals surface area (Å²) in [5.41, 5.74) is 4.19. The molecule has 0 spiro atoms. The monoisotopic (exact) mass is 220 g/mol. The van der Waals surface area contributed by atoms with Crippen LogP contribution in [-0.4, -0.2) is 18.1 Å². The first kappa shape index (κ1) is 11.2. The average molecular weight is 220 g/mol. The van der Waals surface area contributed by atoms with Crippen molar-refractivity contribution in [2.45, 2.75) is 26.7 Å². The van der Waals surface area contributed by atoms with E-state index in [2.05, 4.69) is 29.2 Å². The van der Waals surface area contributed by atoms with Crippen molar-refractivity contribution < 1.29 is 0 Å². The summed E-state index contributed by atoms with van der Waals surface area (Å²) in [7, 11) is 0. The molecule has 4 heteroatoms. The zero-order chi connectivity index (χ0) is 11.6. The average Bonchev–Trinajstić information content (AvgIpc) is 2.28. The number of pyridine rings is 1. The second kappa shape index (κ2) is 4.29. The van der Waals surface area contributed by atoms with E-state index in [4.69, 9.17) is 5.84 Å². The molecule has 0 atom stereocenters. The molecule has 1 saturated heterocycles. The molecule has 1 aliphatic rings. The molecule has 1 aliphatic heterocycles. The van der Waals surface area contributed by atoms with Crippen molar-refractivity contribution in [3.63, 3.8) is 0 Å². The number of rotatable bonds is 2. The molecule has 0 unspecified atom stereocenters. The number of hydrogen-bond acceptors (Lipinski definition) is 4. The maximum atomic E-state index is 5.37. The second-order valence-corrected chi connectivity index (χ2v) is 5.23. The van der Waals surface area contributed by atoms with E-state index >= 15 is 0 Å². The normalized spacial score (nSPS) is 19.6. The van der Waals surface area contributed by atoms with Gasteiger partial charge in [-0.3, -0.25) is 0 Å². The molecule has 16 heavy (non-hydrogen) atoms. The lowest BCUT2D eigenvalue weighted by Crippen LogP contribution is -2.40. The van der Waals surface area contributed by atoms with Gasteiger partial charge < -0.3 is 10.3 Å². The Kier molecular flexibility index (Phi) is 3.01. The molecule has 1 aromatic heterocycles. The molecule has 2 rings (SSSR count). The van der Waals surface area contributed by atoms with Crippen LogP contribution in [0.2, 0.25) is 0 Å². The summed E-state index contributed by atoms with van der Waals surface area (Å²) >= 11 is 0. The van der Waals surface area contributed by atoms with Gasteiger partial charge in [-0.15, -0.1) is 0 Å². The lowest BCUT2D eigenvalue weighted by molar-refractivity contribution is 0.293. The molecular formula is C12H20N4. The van der Waals surface area contributed by atoms with E-state index in [-0.39, 0.29) is 0 Å². The minimum absolute atomic E-state index is 0.401. The van der Waals surface area contributed by atoms with Gasteiger partial charge >= 0.3 is 0 Å². The molecule has 0 saturated carbocycles.